The summed E-state index contributed by atoms with van der Waals surface area (Å²) < 4.78 is 0. The van der Waals surface area contributed by atoms with Crippen molar-refractivity contribution in [3.05, 3.63) is 0 Å². The van der Waals surface area contributed by atoms with Gasteiger partial charge in [0.05, 0.1) is 6.07 Å². The summed E-state index contributed by atoms with van der Waals surface area (Å²) in [6.07, 6.45) is 2.05. The highest BCUT2D eigenvalue weighted by Gasteiger charge is 2.48. The van der Waals surface area contributed by atoms with Gasteiger partial charge in [0.1, 0.15) is 5.41 Å². The molecule has 0 unspecified atom stereocenters. The van der Waals surface area contributed by atoms with Crippen molar-refractivity contribution in [2.75, 3.05) is 6.54 Å². The van der Waals surface area contributed by atoms with Gasteiger partial charge in [-0.15, -0.1) is 0 Å². The second-order valence-electron chi connectivity index (χ2n) is 4.53. The number of primary amides is 1. The highest BCUT2D eigenvalue weighted by atomic mass is 16.2. The van der Waals surface area contributed by atoms with Gasteiger partial charge in [-0.3, -0.25) is 9.59 Å². The summed E-state index contributed by atoms with van der Waals surface area (Å²) >= 11 is 0. The predicted octanol–water partition coefficient (Wildman–Crippen LogP) is 0.308. The summed E-state index contributed by atoms with van der Waals surface area (Å²) in [5.74, 6) is -0.143. The molecule has 2 amide bonds. The van der Waals surface area contributed by atoms with Gasteiger partial charge in [-0.1, -0.05) is 6.92 Å². The third-order valence-electron chi connectivity index (χ3n) is 2.93. The van der Waals surface area contributed by atoms with Crippen molar-refractivity contribution in [2.24, 2.45) is 17.1 Å². The van der Waals surface area contributed by atoms with E-state index in [0.29, 0.717) is 31.7 Å². The lowest BCUT2D eigenvalue weighted by Gasteiger charge is -2.39. The van der Waals surface area contributed by atoms with Gasteiger partial charge >= 0.3 is 0 Å². The van der Waals surface area contributed by atoms with E-state index in [2.05, 4.69) is 11.4 Å². The Morgan fingerprint density at radius 2 is 2.19 bits per heavy atom. The van der Waals surface area contributed by atoms with Crippen LogP contribution >= 0.6 is 0 Å². The molecule has 88 valence electrons. The standard InChI is InChI=1S/C11H17N3O2/c1-8-5-11(6-8,7-12)10(16)14-4-2-3-9(13)15/h8H,2-6H2,1H3,(H2,13,15)(H,14,16). The van der Waals surface area contributed by atoms with E-state index < -0.39 is 5.41 Å². The van der Waals surface area contributed by atoms with Crippen LogP contribution in [0.2, 0.25) is 0 Å². The molecule has 0 aromatic rings. The summed E-state index contributed by atoms with van der Waals surface area (Å²) in [5, 5.41) is 11.7. The highest BCUT2D eigenvalue weighted by Crippen LogP contribution is 2.44. The lowest BCUT2D eigenvalue weighted by atomic mass is 9.63. The molecule has 0 saturated heterocycles. The van der Waals surface area contributed by atoms with Gasteiger partial charge in [0.25, 0.3) is 0 Å². The molecule has 0 spiro atoms. The largest absolute Gasteiger partial charge is 0.370 e. The Labute approximate surface area is 95.0 Å². The maximum Gasteiger partial charge on any atom is 0.240 e. The first-order chi connectivity index (χ1) is 7.50. The summed E-state index contributed by atoms with van der Waals surface area (Å²) in [7, 11) is 0. The molecular formula is C11H17N3O2. The van der Waals surface area contributed by atoms with Crippen LogP contribution in [0.1, 0.15) is 32.6 Å². The maximum absolute atomic E-state index is 11.7. The zero-order valence-corrected chi connectivity index (χ0v) is 9.45. The minimum atomic E-state index is -0.827. The van der Waals surface area contributed by atoms with Crippen LogP contribution in [0.3, 0.4) is 0 Å². The molecule has 1 fully saturated rings. The first-order valence-corrected chi connectivity index (χ1v) is 5.48. The monoisotopic (exact) mass is 223 g/mol. The Balaban J connectivity index is 2.30. The van der Waals surface area contributed by atoms with Gasteiger partial charge < -0.3 is 11.1 Å². The first-order valence-electron chi connectivity index (χ1n) is 5.48. The number of nitrogens with one attached hydrogen (secondary N) is 1. The molecule has 0 atom stereocenters. The smallest absolute Gasteiger partial charge is 0.240 e. The van der Waals surface area contributed by atoms with Crippen molar-refractivity contribution < 1.29 is 9.59 Å². The fourth-order valence-corrected chi connectivity index (χ4v) is 2.09. The number of hydrogen-bond acceptors (Lipinski definition) is 3. The molecule has 5 nitrogen and oxygen atoms in total. The average molecular weight is 223 g/mol. The van der Waals surface area contributed by atoms with E-state index >= 15 is 0 Å². The Morgan fingerprint density at radius 3 is 2.62 bits per heavy atom. The zero-order valence-electron chi connectivity index (χ0n) is 9.45. The summed E-state index contributed by atoms with van der Waals surface area (Å²) in [4.78, 5) is 22.2. The van der Waals surface area contributed by atoms with E-state index in [-0.39, 0.29) is 18.2 Å². The van der Waals surface area contributed by atoms with E-state index in [9.17, 15) is 9.59 Å². The van der Waals surface area contributed by atoms with Gasteiger partial charge in [0.2, 0.25) is 11.8 Å². The Kier molecular flexibility index (Phi) is 3.88. The summed E-state index contributed by atoms with van der Waals surface area (Å²) in [6.45, 7) is 2.43. The number of hydrogen-bond donors (Lipinski definition) is 2. The predicted molar refractivity (Wildman–Crippen MR) is 57.9 cm³/mol. The molecule has 3 N–H and O–H groups in total. The number of rotatable bonds is 5. The van der Waals surface area contributed by atoms with Crippen molar-refractivity contribution >= 4 is 11.8 Å². The van der Waals surface area contributed by atoms with Crippen molar-refractivity contribution in [2.45, 2.75) is 32.6 Å². The van der Waals surface area contributed by atoms with Gasteiger partial charge in [0, 0.05) is 13.0 Å². The molecule has 16 heavy (non-hydrogen) atoms. The SMILES string of the molecule is CC1CC(C#N)(C(=O)NCCCC(N)=O)C1. The fraction of sp³-hybridized carbons (Fsp3) is 0.727. The lowest BCUT2D eigenvalue weighted by molar-refractivity contribution is -0.134. The number of nitrogens with zero attached hydrogens (tertiary/aromatic N) is 1. The van der Waals surface area contributed by atoms with Crippen LogP contribution in [0.5, 0.6) is 0 Å². The van der Waals surface area contributed by atoms with Crippen LogP contribution in [0.4, 0.5) is 0 Å². The minimum absolute atomic E-state index is 0.211. The number of carbonyl (C=O) groups is 2. The second kappa shape index (κ2) is 4.97. The van der Waals surface area contributed by atoms with E-state index in [1.54, 1.807) is 0 Å². The van der Waals surface area contributed by atoms with Crippen LogP contribution in [-0.2, 0) is 9.59 Å². The number of amides is 2. The Hall–Kier alpha value is -1.57. The number of nitrogens with two attached hydrogens (primary N) is 1. The molecule has 5 heteroatoms. The number of nitriles is 1. The van der Waals surface area contributed by atoms with Crippen LogP contribution in [0.15, 0.2) is 0 Å². The van der Waals surface area contributed by atoms with Crippen LogP contribution in [0, 0.1) is 22.7 Å². The lowest BCUT2D eigenvalue weighted by Crippen LogP contribution is -2.48. The third kappa shape index (κ3) is 2.72. The first kappa shape index (κ1) is 12.5. The zero-order chi connectivity index (χ0) is 12.2. The maximum atomic E-state index is 11.7. The molecule has 0 aromatic carbocycles. The topological polar surface area (TPSA) is 96.0 Å². The second-order valence-corrected chi connectivity index (χ2v) is 4.53. The van der Waals surface area contributed by atoms with E-state index in [0.717, 1.165) is 0 Å². The summed E-state index contributed by atoms with van der Waals surface area (Å²) in [6, 6.07) is 2.09. The quantitative estimate of drug-likeness (QED) is 0.656. The molecule has 0 bridgehead atoms. The molecule has 1 saturated carbocycles. The van der Waals surface area contributed by atoms with Crippen molar-refractivity contribution in [1.29, 1.82) is 5.26 Å². The molecule has 1 aliphatic rings. The van der Waals surface area contributed by atoms with Crippen LogP contribution in [-0.4, -0.2) is 18.4 Å². The van der Waals surface area contributed by atoms with Crippen molar-refractivity contribution in [3.8, 4) is 6.07 Å². The molecule has 0 aromatic heterocycles. The van der Waals surface area contributed by atoms with Gasteiger partial charge in [0.15, 0.2) is 0 Å². The normalized spacial score (nSPS) is 27.6. The van der Waals surface area contributed by atoms with Crippen LogP contribution < -0.4 is 11.1 Å². The van der Waals surface area contributed by atoms with Gasteiger partial charge in [-0.2, -0.15) is 5.26 Å². The Morgan fingerprint density at radius 1 is 1.56 bits per heavy atom. The van der Waals surface area contributed by atoms with Gasteiger partial charge in [-0.25, -0.2) is 0 Å². The molecule has 0 heterocycles. The highest BCUT2D eigenvalue weighted by molar-refractivity contribution is 5.86. The molecular weight excluding hydrogens is 206 g/mol. The fourth-order valence-electron chi connectivity index (χ4n) is 2.09. The van der Waals surface area contributed by atoms with Crippen LogP contribution in [0.25, 0.3) is 0 Å². The van der Waals surface area contributed by atoms with E-state index in [4.69, 9.17) is 11.0 Å². The van der Waals surface area contributed by atoms with Crippen molar-refractivity contribution in [3.63, 3.8) is 0 Å². The minimum Gasteiger partial charge on any atom is -0.370 e. The van der Waals surface area contributed by atoms with E-state index in [1.807, 2.05) is 6.92 Å². The summed E-state index contributed by atoms with van der Waals surface area (Å²) in [5.41, 5.74) is 4.15. The Bertz CT molecular complexity index is 327. The molecule has 0 radical (unpaired) electrons. The molecule has 1 rings (SSSR count). The van der Waals surface area contributed by atoms with Gasteiger partial charge in [-0.05, 0) is 25.2 Å². The molecule has 0 aliphatic heterocycles. The number of carbonyl (C=O) groups excluding carboxylic acids is 2. The average Bonchev–Trinajstić information content (AvgIpc) is 2.18. The third-order valence-corrected chi connectivity index (χ3v) is 2.93. The van der Waals surface area contributed by atoms with Crippen molar-refractivity contribution in [1.82, 2.24) is 5.32 Å². The van der Waals surface area contributed by atoms with E-state index in [1.165, 1.54) is 0 Å². The molecule has 1 aliphatic carbocycles.